The van der Waals surface area contributed by atoms with E-state index in [2.05, 4.69) is 28.9 Å². The Balaban J connectivity index is 1.64. The molecule has 1 aliphatic heterocycles. The molecule has 1 unspecified atom stereocenters. The molecule has 1 aromatic rings. The molecular formula is C16H27N3O. The maximum Gasteiger partial charge on any atom is 0.0716 e. The molecule has 0 amide bonds. The van der Waals surface area contributed by atoms with Crippen molar-refractivity contribution in [1.82, 2.24) is 14.7 Å². The number of nitrogens with zero attached hydrogens (tertiary/aromatic N) is 3. The van der Waals surface area contributed by atoms with Crippen LogP contribution in [0, 0.1) is 0 Å². The van der Waals surface area contributed by atoms with Gasteiger partial charge in [-0.3, -0.25) is 4.68 Å². The van der Waals surface area contributed by atoms with E-state index in [1.54, 1.807) is 0 Å². The first-order valence-electron chi connectivity index (χ1n) is 8.10. The van der Waals surface area contributed by atoms with E-state index in [-0.39, 0.29) is 0 Å². The number of hydrogen-bond donors (Lipinski definition) is 1. The van der Waals surface area contributed by atoms with Gasteiger partial charge in [0.1, 0.15) is 0 Å². The van der Waals surface area contributed by atoms with Gasteiger partial charge in [-0.05, 0) is 51.8 Å². The molecule has 1 aromatic heterocycles. The highest BCUT2D eigenvalue weighted by molar-refractivity contribution is 5.05. The summed E-state index contributed by atoms with van der Waals surface area (Å²) in [4.78, 5) is 2.31. The number of hydrogen-bond acceptors (Lipinski definition) is 3. The lowest BCUT2D eigenvalue weighted by Gasteiger charge is -2.25. The van der Waals surface area contributed by atoms with Crippen molar-refractivity contribution >= 4 is 0 Å². The molecule has 1 saturated heterocycles. The standard InChI is InChI=1S/C16H27N3O/c1-18-10-4-8-16(20,9-12-18)13-14-7-11-19(17-14)15-5-2-3-6-15/h7,11,15,20H,2-6,8-10,12-13H2,1H3. The van der Waals surface area contributed by atoms with Crippen molar-refractivity contribution in [3.8, 4) is 0 Å². The van der Waals surface area contributed by atoms with Crippen LogP contribution >= 0.6 is 0 Å². The summed E-state index contributed by atoms with van der Waals surface area (Å²) in [7, 11) is 2.14. The predicted molar refractivity (Wildman–Crippen MR) is 79.7 cm³/mol. The molecule has 0 bridgehead atoms. The minimum Gasteiger partial charge on any atom is -0.389 e. The fourth-order valence-electron chi connectivity index (χ4n) is 3.67. The quantitative estimate of drug-likeness (QED) is 0.922. The van der Waals surface area contributed by atoms with Crippen LogP contribution in [-0.2, 0) is 6.42 Å². The number of aromatic nitrogens is 2. The van der Waals surface area contributed by atoms with Crippen LogP contribution in [-0.4, -0.2) is 45.5 Å². The first-order valence-corrected chi connectivity index (χ1v) is 8.10. The smallest absolute Gasteiger partial charge is 0.0716 e. The Morgan fingerprint density at radius 3 is 2.85 bits per heavy atom. The molecule has 4 heteroatoms. The monoisotopic (exact) mass is 277 g/mol. The van der Waals surface area contributed by atoms with Gasteiger partial charge < -0.3 is 10.0 Å². The van der Waals surface area contributed by atoms with Gasteiger partial charge in [-0.1, -0.05) is 12.8 Å². The lowest BCUT2D eigenvalue weighted by molar-refractivity contribution is 0.0252. The van der Waals surface area contributed by atoms with Crippen LogP contribution in [0.1, 0.15) is 56.7 Å². The van der Waals surface area contributed by atoms with Crippen LogP contribution in [0.5, 0.6) is 0 Å². The zero-order valence-electron chi connectivity index (χ0n) is 12.6. The van der Waals surface area contributed by atoms with Crippen molar-refractivity contribution < 1.29 is 5.11 Å². The Bertz CT molecular complexity index is 439. The summed E-state index contributed by atoms with van der Waals surface area (Å²) < 4.78 is 2.13. The molecule has 4 nitrogen and oxygen atoms in total. The van der Waals surface area contributed by atoms with E-state index in [1.807, 2.05) is 0 Å². The lowest BCUT2D eigenvalue weighted by atomic mass is 9.90. The van der Waals surface area contributed by atoms with Crippen LogP contribution in [0.15, 0.2) is 12.3 Å². The molecule has 1 atom stereocenters. The molecule has 1 N–H and O–H groups in total. The van der Waals surface area contributed by atoms with E-state index in [0.717, 1.165) is 38.0 Å². The zero-order valence-corrected chi connectivity index (χ0v) is 12.6. The van der Waals surface area contributed by atoms with Gasteiger partial charge in [-0.2, -0.15) is 5.10 Å². The lowest BCUT2D eigenvalue weighted by Crippen LogP contribution is -2.33. The first-order chi connectivity index (χ1) is 9.65. The molecule has 2 fully saturated rings. The van der Waals surface area contributed by atoms with Crippen LogP contribution in [0.25, 0.3) is 0 Å². The molecule has 0 spiro atoms. The Hall–Kier alpha value is -0.870. The molecular weight excluding hydrogens is 250 g/mol. The molecule has 2 aliphatic rings. The third kappa shape index (κ3) is 3.23. The Morgan fingerprint density at radius 1 is 1.25 bits per heavy atom. The van der Waals surface area contributed by atoms with Gasteiger partial charge in [0.05, 0.1) is 17.3 Å². The van der Waals surface area contributed by atoms with E-state index >= 15 is 0 Å². The number of rotatable bonds is 3. The van der Waals surface area contributed by atoms with E-state index in [4.69, 9.17) is 5.10 Å². The highest BCUT2D eigenvalue weighted by Crippen LogP contribution is 2.30. The molecule has 3 rings (SSSR count). The summed E-state index contributed by atoms with van der Waals surface area (Å²) in [5, 5.41) is 15.5. The summed E-state index contributed by atoms with van der Waals surface area (Å²) in [5.41, 5.74) is 0.503. The molecule has 112 valence electrons. The van der Waals surface area contributed by atoms with Gasteiger partial charge in [0.2, 0.25) is 0 Å². The van der Waals surface area contributed by atoms with Gasteiger partial charge in [0.15, 0.2) is 0 Å². The SMILES string of the molecule is CN1CCCC(O)(Cc2ccn(C3CCCC3)n2)CC1. The third-order valence-electron chi connectivity index (χ3n) is 5.01. The van der Waals surface area contributed by atoms with Crippen molar-refractivity contribution in [2.45, 2.75) is 63.0 Å². The van der Waals surface area contributed by atoms with E-state index < -0.39 is 5.60 Å². The Kier molecular flexibility index (Phi) is 4.13. The van der Waals surface area contributed by atoms with E-state index in [0.29, 0.717) is 12.5 Å². The van der Waals surface area contributed by atoms with Crippen molar-refractivity contribution in [1.29, 1.82) is 0 Å². The molecule has 1 aliphatic carbocycles. The topological polar surface area (TPSA) is 41.3 Å². The maximum absolute atomic E-state index is 10.8. The summed E-state index contributed by atoms with van der Waals surface area (Å²) in [5.74, 6) is 0. The van der Waals surface area contributed by atoms with E-state index in [1.165, 1.54) is 25.7 Å². The Labute approximate surface area is 121 Å². The van der Waals surface area contributed by atoms with Crippen LogP contribution in [0.3, 0.4) is 0 Å². The van der Waals surface area contributed by atoms with Crippen molar-refractivity contribution in [2.75, 3.05) is 20.1 Å². The van der Waals surface area contributed by atoms with Crippen LogP contribution < -0.4 is 0 Å². The largest absolute Gasteiger partial charge is 0.389 e. The molecule has 20 heavy (non-hydrogen) atoms. The van der Waals surface area contributed by atoms with Crippen molar-refractivity contribution in [3.63, 3.8) is 0 Å². The minimum absolute atomic E-state index is 0.556. The highest BCUT2D eigenvalue weighted by Gasteiger charge is 2.30. The minimum atomic E-state index is -0.556. The highest BCUT2D eigenvalue weighted by atomic mass is 16.3. The van der Waals surface area contributed by atoms with Crippen molar-refractivity contribution in [3.05, 3.63) is 18.0 Å². The summed E-state index contributed by atoms with van der Waals surface area (Å²) in [6.07, 6.45) is 10.8. The summed E-state index contributed by atoms with van der Waals surface area (Å²) in [6.45, 7) is 2.08. The van der Waals surface area contributed by atoms with Gasteiger partial charge in [0, 0.05) is 19.2 Å². The number of aliphatic hydroxyl groups is 1. The fourth-order valence-corrected chi connectivity index (χ4v) is 3.67. The average Bonchev–Trinajstić information content (AvgIpc) is 3.04. The summed E-state index contributed by atoms with van der Waals surface area (Å²) >= 11 is 0. The fraction of sp³-hybridized carbons (Fsp3) is 0.812. The van der Waals surface area contributed by atoms with Gasteiger partial charge in [-0.25, -0.2) is 0 Å². The Morgan fingerprint density at radius 2 is 2.05 bits per heavy atom. The first kappa shape index (κ1) is 14.1. The van der Waals surface area contributed by atoms with E-state index in [9.17, 15) is 5.11 Å². The van der Waals surface area contributed by atoms with Crippen LogP contribution in [0.2, 0.25) is 0 Å². The average molecular weight is 277 g/mol. The molecule has 0 aromatic carbocycles. The van der Waals surface area contributed by atoms with Gasteiger partial charge >= 0.3 is 0 Å². The second-order valence-electron chi connectivity index (χ2n) is 6.78. The molecule has 1 saturated carbocycles. The summed E-state index contributed by atoms with van der Waals surface area (Å²) in [6, 6.07) is 2.70. The number of likely N-dealkylation sites (tertiary alicyclic amines) is 1. The normalized spacial score (nSPS) is 29.7. The van der Waals surface area contributed by atoms with Gasteiger partial charge in [-0.15, -0.1) is 0 Å². The second kappa shape index (κ2) is 5.86. The van der Waals surface area contributed by atoms with Gasteiger partial charge in [0.25, 0.3) is 0 Å². The second-order valence-corrected chi connectivity index (χ2v) is 6.78. The van der Waals surface area contributed by atoms with Crippen molar-refractivity contribution in [2.24, 2.45) is 0 Å². The zero-order chi connectivity index (χ0) is 14.0. The molecule has 0 radical (unpaired) electrons. The van der Waals surface area contributed by atoms with Crippen LogP contribution in [0.4, 0.5) is 0 Å². The third-order valence-corrected chi connectivity index (χ3v) is 5.01. The predicted octanol–water partition coefficient (Wildman–Crippen LogP) is 2.39. The maximum atomic E-state index is 10.8. The molecule has 2 heterocycles.